The number of nitrogens with one attached hydrogen (secondary N) is 1. The fourth-order valence-electron chi connectivity index (χ4n) is 10.4. The molecule has 0 bridgehead atoms. The maximum absolute atomic E-state index is 13.1. The predicted octanol–water partition coefficient (Wildman–Crippen LogP) is 16.4. The van der Waals surface area contributed by atoms with Crippen LogP contribution in [0.4, 0.5) is 0 Å². The van der Waals surface area contributed by atoms with Gasteiger partial charge in [0.15, 0.2) is 6.29 Å². The van der Waals surface area contributed by atoms with E-state index in [-0.39, 0.29) is 18.5 Å². The first kappa shape index (κ1) is 74.6. The number of unbranched alkanes of at least 4 members (excludes halogenated alkanes) is 38. The quantitative estimate of drug-likeness (QED) is 0.0195. The zero-order valence-corrected chi connectivity index (χ0v) is 51.1. The van der Waals surface area contributed by atoms with Crippen molar-refractivity contribution in [3.63, 3.8) is 0 Å². The van der Waals surface area contributed by atoms with Gasteiger partial charge in [0, 0.05) is 12.8 Å². The number of hydrogen-bond donors (Lipinski definition) is 6. The van der Waals surface area contributed by atoms with Gasteiger partial charge < -0.3 is 45.1 Å². The van der Waals surface area contributed by atoms with E-state index in [1.165, 1.54) is 199 Å². The van der Waals surface area contributed by atoms with Crippen LogP contribution in [0.2, 0.25) is 0 Å². The number of esters is 1. The number of rotatable bonds is 58. The van der Waals surface area contributed by atoms with E-state index in [0.29, 0.717) is 19.4 Å². The summed E-state index contributed by atoms with van der Waals surface area (Å²) in [5, 5.41) is 54.5. The highest BCUT2D eigenvalue weighted by atomic mass is 16.7. The number of ether oxygens (including phenoxy) is 3. The average molecular weight is 1120 g/mol. The third-order valence-electron chi connectivity index (χ3n) is 15.7. The molecule has 0 aromatic carbocycles. The van der Waals surface area contributed by atoms with Gasteiger partial charge in [0.25, 0.3) is 0 Å². The van der Waals surface area contributed by atoms with Gasteiger partial charge in [0.2, 0.25) is 5.91 Å². The second kappa shape index (κ2) is 57.4. The van der Waals surface area contributed by atoms with Gasteiger partial charge in [0.05, 0.1) is 32.0 Å². The summed E-state index contributed by atoms with van der Waals surface area (Å²) in [6, 6.07) is -0.833. The van der Waals surface area contributed by atoms with Crippen LogP contribution in [0.5, 0.6) is 0 Å². The molecule has 1 amide bonds. The molecule has 1 fully saturated rings. The highest BCUT2D eigenvalue weighted by Gasteiger charge is 2.44. The summed E-state index contributed by atoms with van der Waals surface area (Å²) in [6.45, 7) is 4.33. The lowest BCUT2D eigenvalue weighted by atomic mass is 9.99. The normalized spacial score (nSPS) is 18.7. The first-order chi connectivity index (χ1) is 38.7. The number of hydrogen-bond acceptors (Lipinski definition) is 10. The Balaban J connectivity index is 2.08. The molecule has 0 aromatic rings. The second-order valence-electron chi connectivity index (χ2n) is 23.2. The fourth-order valence-corrected chi connectivity index (χ4v) is 10.4. The summed E-state index contributed by atoms with van der Waals surface area (Å²) in [5.41, 5.74) is 0. The number of aliphatic hydroxyl groups excluding tert-OH is 5. The highest BCUT2D eigenvalue weighted by Crippen LogP contribution is 2.23. The van der Waals surface area contributed by atoms with Crippen LogP contribution in [0.15, 0.2) is 48.6 Å². The number of carbonyl (C=O) groups is 2. The lowest BCUT2D eigenvalue weighted by Gasteiger charge is -2.40. The van der Waals surface area contributed by atoms with Crippen molar-refractivity contribution >= 4 is 11.9 Å². The maximum Gasteiger partial charge on any atom is 0.305 e. The topological polar surface area (TPSA) is 175 Å². The van der Waals surface area contributed by atoms with Crippen molar-refractivity contribution in [3.8, 4) is 0 Å². The Morgan fingerprint density at radius 1 is 0.468 bits per heavy atom. The first-order valence-corrected chi connectivity index (χ1v) is 33.4. The zero-order chi connectivity index (χ0) is 57.3. The molecule has 7 atom stereocenters. The van der Waals surface area contributed by atoms with Crippen molar-refractivity contribution in [1.82, 2.24) is 5.32 Å². The molecule has 11 nitrogen and oxygen atoms in total. The van der Waals surface area contributed by atoms with Crippen LogP contribution >= 0.6 is 0 Å². The maximum atomic E-state index is 13.1. The average Bonchev–Trinajstić information content (AvgIpc) is 3.50. The minimum Gasteiger partial charge on any atom is -0.466 e. The fraction of sp³-hybridized carbons (Fsp3) is 0.853. The SMILES string of the molecule is CCCCCCCCCCC/C=C/CC/C=C/C(O)C(COC1OC(CO)C(O)C(O)C1O)NC(=O)CCCCCCCCCCC/C=C\C/C=C\CCCCCCCCCCCOC(=O)CCCCCCCCCCCCC. The smallest absolute Gasteiger partial charge is 0.305 e. The number of amides is 1. The third-order valence-corrected chi connectivity index (χ3v) is 15.7. The Bertz CT molecular complexity index is 1450. The van der Waals surface area contributed by atoms with Gasteiger partial charge in [-0.15, -0.1) is 0 Å². The van der Waals surface area contributed by atoms with E-state index < -0.39 is 49.5 Å². The molecule has 1 aliphatic rings. The Kier molecular flexibility index (Phi) is 54.3. The van der Waals surface area contributed by atoms with E-state index in [1.807, 2.05) is 6.08 Å². The number of allylic oxidation sites excluding steroid dienone is 7. The zero-order valence-electron chi connectivity index (χ0n) is 51.1. The lowest BCUT2D eigenvalue weighted by Crippen LogP contribution is -2.60. The molecule has 0 aromatic heterocycles. The lowest BCUT2D eigenvalue weighted by molar-refractivity contribution is -0.302. The van der Waals surface area contributed by atoms with Crippen LogP contribution in [-0.2, 0) is 23.8 Å². The van der Waals surface area contributed by atoms with Gasteiger partial charge in [-0.1, -0.05) is 268 Å². The number of aliphatic hydroxyl groups is 5. The third kappa shape index (κ3) is 46.8. The predicted molar refractivity (Wildman–Crippen MR) is 329 cm³/mol. The minimum atomic E-state index is -1.58. The summed E-state index contributed by atoms with van der Waals surface area (Å²) in [7, 11) is 0. The van der Waals surface area contributed by atoms with E-state index in [0.717, 1.165) is 83.5 Å². The first-order valence-electron chi connectivity index (χ1n) is 33.4. The van der Waals surface area contributed by atoms with Crippen molar-refractivity contribution < 1.29 is 49.3 Å². The Morgan fingerprint density at radius 2 is 0.861 bits per heavy atom. The molecule has 1 aliphatic heterocycles. The molecule has 6 N–H and O–H groups in total. The van der Waals surface area contributed by atoms with Gasteiger partial charge in [-0.3, -0.25) is 9.59 Å². The van der Waals surface area contributed by atoms with Crippen LogP contribution < -0.4 is 5.32 Å². The molecule has 0 spiro atoms. The minimum absolute atomic E-state index is 0.00235. The number of carbonyl (C=O) groups excluding carboxylic acids is 2. The van der Waals surface area contributed by atoms with E-state index in [2.05, 4.69) is 55.6 Å². The van der Waals surface area contributed by atoms with Gasteiger partial charge in [-0.25, -0.2) is 0 Å². The Morgan fingerprint density at radius 3 is 1.33 bits per heavy atom. The van der Waals surface area contributed by atoms with Crippen molar-refractivity contribution in [2.75, 3.05) is 19.8 Å². The van der Waals surface area contributed by atoms with Gasteiger partial charge in [-0.05, 0) is 77.0 Å². The molecule has 1 saturated heterocycles. The van der Waals surface area contributed by atoms with Crippen LogP contribution in [-0.4, -0.2) is 100 Å². The van der Waals surface area contributed by atoms with Crippen molar-refractivity contribution in [1.29, 1.82) is 0 Å². The molecule has 0 radical (unpaired) electrons. The van der Waals surface area contributed by atoms with Crippen LogP contribution in [0, 0.1) is 0 Å². The highest BCUT2D eigenvalue weighted by molar-refractivity contribution is 5.76. The van der Waals surface area contributed by atoms with Gasteiger partial charge >= 0.3 is 5.97 Å². The standard InChI is InChI=1S/C68H125NO10/c1-3-5-7-9-11-13-15-16-28-31-35-38-42-46-50-54-61(71)60(59-78-68-67(76)66(75)65(74)62(58-70)79-68)69-63(72)55-51-47-43-39-36-32-29-26-24-22-20-18-17-19-21-23-25-27-30-33-37-41-45-49-53-57-77-64(73)56-52-48-44-40-34-14-12-10-8-6-4-2/h18-21,35,38,50,54,60-62,65-68,70-71,74-76H,3-17,22-34,36-37,39-49,51-53,55-59H2,1-2H3,(H,69,72)/b20-18-,21-19-,38-35+,54-50+. The summed E-state index contributed by atoms with van der Waals surface area (Å²) >= 11 is 0. The van der Waals surface area contributed by atoms with E-state index in [1.54, 1.807) is 6.08 Å². The van der Waals surface area contributed by atoms with E-state index >= 15 is 0 Å². The van der Waals surface area contributed by atoms with Crippen LogP contribution in [0.1, 0.15) is 309 Å². The summed E-state index contributed by atoms with van der Waals surface area (Å²) in [6.07, 6.45) is 63.6. The van der Waals surface area contributed by atoms with Crippen molar-refractivity contribution in [3.05, 3.63) is 48.6 Å². The second-order valence-corrected chi connectivity index (χ2v) is 23.2. The van der Waals surface area contributed by atoms with Crippen molar-refractivity contribution in [2.45, 2.75) is 352 Å². The summed E-state index contributed by atoms with van der Waals surface area (Å²) in [4.78, 5) is 25.1. The van der Waals surface area contributed by atoms with E-state index in [9.17, 15) is 35.1 Å². The van der Waals surface area contributed by atoms with E-state index in [4.69, 9.17) is 14.2 Å². The van der Waals surface area contributed by atoms with Gasteiger partial charge in [-0.2, -0.15) is 0 Å². The van der Waals surface area contributed by atoms with Crippen LogP contribution in [0.3, 0.4) is 0 Å². The molecular weight excluding hydrogens is 991 g/mol. The molecule has 7 unspecified atom stereocenters. The molecule has 79 heavy (non-hydrogen) atoms. The largest absolute Gasteiger partial charge is 0.466 e. The Hall–Kier alpha value is -2.38. The molecule has 0 aliphatic carbocycles. The monoisotopic (exact) mass is 1120 g/mol. The molecule has 0 saturated carbocycles. The molecule has 11 heteroatoms. The summed E-state index contributed by atoms with van der Waals surface area (Å²) in [5.74, 6) is -0.199. The van der Waals surface area contributed by atoms with Crippen molar-refractivity contribution in [2.24, 2.45) is 0 Å². The van der Waals surface area contributed by atoms with Gasteiger partial charge in [0.1, 0.15) is 24.4 Å². The molecular formula is C68H125NO10. The summed E-state index contributed by atoms with van der Waals surface area (Å²) < 4.78 is 16.7. The Labute approximate surface area is 485 Å². The molecule has 1 heterocycles. The molecule has 462 valence electrons. The van der Waals surface area contributed by atoms with Crippen LogP contribution in [0.25, 0.3) is 0 Å². The molecule has 1 rings (SSSR count).